The third-order valence-electron chi connectivity index (χ3n) is 2.71. The highest BCUT2D eigenvalue weighted by Gasteiger charge is 2.33. The Morgan fingerprint density at radius 3 is 2.25 bits per heavy atom. The Morgan fingerprint density at radius 2 is 1.88 bits per heavy atom. The van der Waals surface area contributed by atoms with Gasteiger partial charge in [-0.15, -0.1) is 0 Å². The Bertz CT molecular complexity index is 270. The van der Waals surface area contributed by atoms with Gasteiger partial charge >= 0.3 is 0 Å². The second-order valence-corrected chi connectivity index (χ2v) is 5.20. The lowest BCUT2D eigenvalue weighted by molar-refractivity contribution is -0.135. The van der Waals surface area contributed by atoms with Crippen molar-refractivity contribution in [3.8, 4) is 0 Å². The highest BCUT2D eigenvalue weighted by Crippen LogP contribution is 2.29. The predicted molar refractivity (Wildman–Crippen MR) is 62.8 cm³/mol. The molecule has 4 nitrogen and oxygen atoms in total. The number of hydrogen-bond acceptors (Lipinski definition) is 2. The van der Waals surface area contributed by atoms with Gasteiger partial charge in [-0.05, 0) is 25.2 Å². The minimum absolute atomic E-state index is 0.0114. The van der Waals surface area contributed by atoms with Gasteiger partial charge in [-0.25, -0.2) is 0 Å². The summed E-state index contributed by atoms with van der Waals surface area (Å²) in [5.41, 5.74) is 0. The first-order valence-electron chi connectivity index (χ1n) is 5.93. The predicted octanol–water partition coefficient (Wildman–Crippen LogP) is 1.02. The highest BCUT2D eigenvalue weighted by molar-refractivity contribution is 5.89. The Balaban J connectivity index is 2.55. The highest BCUT2D eigenvalue weighted by atomic mass is 16.2. The maximum atomic E-state index is 11.9. The van der Waals surface area contributed by atoms with Gasteiger partial charge in [0.1, 0.15) is 6.04 Å². The van der Waals surface area contributed by atoms with Gasteiger partial charge in [-0.3, -0.25) is 9.59 Å². The normalized spacial score (nSPS) is 17.1. The molecule has 1 fully saturated rings. The molecular weight excluding hydrogens is 204 g/mol. The Labute approximate surface area is 97.4 Å². The van der Waals surface area contributed by atoms with Gasteiger partial charge in [0.05, 0.1) is 0 Å². The number of amides is 2. The standard InChI is InChI=1S/C12H22N2O2/c1-8(2)7-10(12(16)14(3)4)13-11(15)9-5-6-9/h8-10H,5-7H2,1-4H3,(H,13,15). The van der Waals surface area contributed by atoms with E-state index in [0.29, 0.717) is 12.3 Å². The summed E-state index contributed by atoms with van der Waals surface area (Å²) < 4.78 is 0. The molecule has 4 heteroatoms. The quantitative estimate of drug-likeness (QED) is 0.760. The van der Waals surface area contributed by atoms with Crippen LogP contribution in [0.4, 0.5) is 0 Å². The average molecular weight is 226 g/mol. The van der Waals surface area contributed by atoms with Crippen LogP contribution in [0.15, 0.2) is 0 Å². The van der Waals surface area contributed by atoms with E-state index in [1.54, 1.807) is 19.0 Å². The van der Waals surface area contributed by atoms with Crippen molar-refractivity contribution in [1.29, 1.82) is 0 Å². The summed E-state index contributed by atoms with van der Waals surface area (Å²) in [6.07, 6.45) is 2.64. The molecule has 1 N–H and O–H groups in total. The molecule has 0 aromatic heterocycles. The van der Waals surface area contributed by atoms with Crippen LogP contribution in [0.3, 0.4) is 0 Å². The van der Waals surface area contributed by atoms with Crippen LogP contribution < -0.4 is 5.32 Å². The fourth-order valence-corrected chi connectivity index (χ4v) is 1.64. The zero-order valence-electron chi connectivity index (χ0n) is 10.6. The number of hydrogen-bond donors (Lipinski definition) is 1. The van der Waals surface area contributed by atoms with Crippen LogP contribution in [0.1, 0.15) is 33.1 Å². The molecule has 1 aliphatic carbocycles. The van der Waals surface area contributed by atoms with Crippen molar-refractivity contribution in [2.75, 3.05) is 14.1 Å². The van der Waals surface area contributed by atoms with E-state index < -0.39 is 0 Å². The lowest BCUT2D eigenvalue weighted by Gasteiger charge is -2.23. The number of carbonyl (C=O) groups excluding carboxylic acids is 2. The summed E-state index contributed by atoms with van der Waals surface area (Å²) in [6.45, 7) is 4.11. The van der Waals surface area contributed by atoms with E-state index >= 15 is 0 Å². The fourth-order valence-electron chi connectivity index (χ4n) is 1.64. The van der Waals surface area contributed by atoms with Gasteiger partial charge in [-0.2, -0.15) is 0 Å². The molecule has 0 heterocycles. The van der Waals surface area contributed by atoms with Crippen LogP contribution in [0.5, 0.6) is 0 Å². The van der Waals surface area contributed by atoms with E-state index in [9.17, 15) is 9.59 Å². The third-order valence-corrected chi connectivity index (χ3v) is 2.71. The van der Waals surface area contributed by atoms with E-state index in [1.165, 1.54) is 0 Å². The SMILES string of the molecule is CC(C)CC(NC(=O)C1CC1)C(=O)N(C)C. The van der Waals surface area contributed by atoms with Crippen molar-refractivity contribution >= 4 is 11.8 Å². The first-order chi connectivity index (χ1) is 7.41. The van der Waals surface area contributed by atoms with Gasteiger partial charge in [-0.1, -0.05) is 13.8 Å². The van der Waals surface area contributed by atoms with Crippen LogP contribution in [0.2, 0.25) is 0 Å². The molecule has 1 aliphatic rings. The summed E-state index contributed by atoms with van der Waals surface area (Å²) in [4.78, 5) is 25.1. The fraction of sp³-hybridized carbons (Fsp3) is 0.833. The minimum atomic E-state index is -0.358. The topological polar surface area (TPSA) is 49.4 Å². The van der Waals surface area contributed by atoms with Crippen LogP contribution in [0.25, 0.3) is 0 Å². The molecule has 0 saturated heterocycles. The Hall–Kier alpha value is -1.06. The first kappa shape index (κ1) is 13.0. The summed E-state index contributed by atoms with van der Waals surface area (Å²) >= 11 is 0. The molecule has 92 valence electrons. The number of rotatable bonds is 5. The number of nitrogens with one attached hydrogen (secondary N) is 1. The summed E-state index contributed by atoms with van der Waals surface area (Å²) in [5, 5.41) is 2.86. The minimum Gasteiger partial charge on any atom is -0.347 e. The van der Waals surface area contributed by atoms with Crippen molar-refractivity contribution in [2.24, 2.45) is 11.8 Å². The van der Waals surface area contributed by atoms with Crippen molar-refractivity contribution in [3.05, 3.63) is 0 Å². The molecule has 1 atom stereocenters. The lowest BCUT2D eigenvalue weighted by Crippen LogP contribution is -2.47. The van der Waals surface area contributed by atoms with Gasteiger partial charge in [0.2, 0.25) is 11.8 Å². The van der Waals surface area contributed by atoms with E-state index in [-0.39, 0.29) is 23.8 Å². The summed E-state index contributed by atoms with van der Waals surface area (Å²) in [5.74, 6) is 0.585. The molecular formula is C12H22N2O2. The molecule has 0 bridgehead atoms. The second kappa shape index (κ2) is 5.32. The Kier molecular flexibility index (Phi) is 4.33. The number of carbonyl (C=O) groups is 2. The molecule has 2 amide bonds. The molecule has 1 saturated carbocycles. The van der Waals surface area contributed by atoms with E-state index in [2.05, 4.69) is 19.2 Å². The smallest absolute Gasteiger partial charge is 0.244 e. The molecule has 0 aromatic carbocycles. The Morgan fingerprint density at radius 1 is 1.31 bits per heavy atom. The van der Waals surface area contributed by atoms with Crippen molar-refractivity contribution in [3.63, 3.8) is 0 Å². The largest absolute Gasteiger partial charge is 0.347 e. The zero-order valence-corrected chi connectivity index (χ0v) is 10.6. The van der Waals surface area contributed by atoms with Crippen molar-refractivity contribution in [1.82, 2.24) is 10.2 Å². The zero-order chi connectivity index (χ0) is 12.3. The van der Waals surface area contributed by atoms with Gasteiger partial charge in [0, 0.05) is 20.0 Å². The second-order valence-electron chi connectivity index (χ2n) is 5.20. The molecule has 1 rings (SSSR count). The summed E-state index contributed by atoms with van der Waals surface area (Å²) in [7, 11) is 3.44. The third kappa shape index (κ3) is 3.83. The molecule has 1 unspecified atom stereocenters. The van der Waals surface area contributed by atoms with Crippen LogP contribution >= 0.6 is 0 Å². The first-order valence-corrected chi connectivity index (χ1v) is 5.93. The molecule has 0 spiro atoms. The van der Waals surface area contributed by atoms with Gasteiger partial charge < -0.3 is 10.2 Å². The maximum absolute atomic E-state index is 11.9. The molecule has 0 radical (unpaired) electrons. The van der Waals surface area contributed by atoms with E-state index in [0.717, 1.165) is 12.8 Å². The number of nitrogens with zero attached hydrogens (tertiary/aromatic N) is 1. The van der Waals surface area contributed by atoms with Gasteiger partial charge in [0.25, 0.3) is 0 Å². The average Bonchev–Trinajstić information content (AvgIpc) is 2.97. The van der Waals surface area contributed by atoms with Crippen LogP contribution in [0, 0.1) is 11.8 Å². The summed E-state index contributed by atoms with van der Waals surface area (Å²) in [6, 6.07) is -0.358. The number of likely N-dealkylation sites (N-methyl/N-ethyl adjacent to an activating group) is 1. The molecule has 0 aliphatic heterocycles. The molecule has 0 aromatic rings. The van der Waals surface area contributed by atoms with Crippen molar-refractivity contribution < 1.29 is 9.59 Å². The van der Waals surface area contributed by atoms with E-state index in [4.69, 9.17) is 0 Å². The van der Waals surface area contributed by atoms with E-state index in [1.807, 2.05) is 0 Å². The van der Waals surface area contributed by atoms with Crippen molar-refractivity contribution in [2.45, 2.75) is 39.2 Å². The van der Waals surface area contributed by atoms with Crippen LogP contribution in [-0.4, -0.2) is 36.9 Å². The monoisotopic (exact) mass is 226 g/mol. The van der Waals surface area contributed by atoms with Crippen LogP contribution in [-0.2, 0) is 9.59 Å². The maximum Gasteiger partial charge on any atom is 0.244 e. The van der Waals surface area contributed by atoms with Gasteiger partial charge in [0.15, 0.2) is 0 Å². The lowest BCUT2D eigenvalue weighted by atomic mass is 10.0. The molecule has 16 heavy (non-hydrogen) atoms.